The van der Waals surface area contributed by atoms with Crippen molar-refractivity contribution in [3.05, 3.63) is 138 Å². The molecule has 0 amide bonds. The van der Waals surface area contributed by atoms with Gasteiger partial charge >= 0.3 is 0 Å². The summed E-state index contributed by atoms with van der Waals surface area (Å²) in [4.78, 5) is 16.3. The standard InChI is InChI=1S/C28H18Cl2FNOS/c29-21-9-6-18(7-10-21)28(25-12-13-26(30)34-25)20-8-11-24-23(15-20)19(16-27(33)32-24)5-4-17-2-1-3-22(31)14-17/h1-16,28H,(H,32,33). The van der Waals surface area contributed by atoms with Gasteiger partial charge in [-0.15, -0.1) is 11.3 Å². The molecule has 6 heteroatoms. The molecule has 0 saturated heterocycles. The molecule has 1 N–H and O–H groups in total. The highest BCUT2D eigenvalue weighted by atomic mass is 35.5. The highest BCUT2D eigenvalue weighted by molar-refractivity contribution is 7.16. The predicted molar refractivity (Wildman–Crippen MR) is 142 cm³/mol. The van der Waals surface area contributed by atoms with Crippen LogP contribution in [0.3, 0.4) is 0 Å². The van der Waals surface area contributed by atoms with Crippen molar-refractivity contribution < 1.29 is 4.39 Å². The molecule has 5 rings (SSSR count). The van der Waals surface area contributed by atoms with Crippen LogP contribution < -0.4 is 5.56 Å². The van der Waals surface area contributed by atoms with Gasteiger partial charge in [0.05, 0.1) is 4.34 Å². The molecule has 168 valence electrons. The van der Waals surface area contributed by atoms with Crippen molar-refractivity contribution in [1.82, 2.24) is 4.98 Å². The summed E-state index contributed by atoms with van der Waals surface area (Å²) >= 11 is 13.9. The second kappa shape index (κ2) is 9.59. The van der Waals surface area contributed by atoms with Crippen LogP contribution in [-0.2, 0) is 0 Å². The second-order valence-corrected chi connectivity index (χ2v) is 10.1. The van der Waals surface area contributed by atoms with Gasteiger partial charge in [0, 0.05) is 32.8 Å². The molecule has 0 aliphatic carbocycles. The summed E-state index contributed by atoms with van der Waals surface area (Å²) in [6.45, 7) is 0. The summed E-state index contributed by atoms with van der Waals surface area (Å²) in [5, 5.41) is 1.57. The number of pyridine rings is 1. The van der Waals surface area contributed by atoms with Gasteiger partial charge in [0.1, 0.15) is 5.82 Å². The van der Waals surface area contributed by atoms with E-state index in [-0.39, 0.29) is 17.3 Å². The molecule has 1 unspecified atom stereocenters. The lowest BCUT2D eigenvalue weighted by Crippen LogP contribution is -2.06. The first-order chi connectivity index (χ1) is 16.5. The zero-order chi connectivity index (χ0) is 23.7. The maximum Gasteiger partial charge on any atom is 0.249 e. The van der Waals surface area contributed by atoms with Crippen LogP contribution in [0.5, 0.6) is 0 Å². The van der Waals surface area contributed by atoms with Gasteiger partial charge in [0.2, 0.25) is 5.56 Å². The smallest absolute Gasteiger partial charge is 0.249 e. The molecule has 0 fully saturated rings. The van der Waals surface area contributed by atoms with Gasteiger partial charge in [0.25, 0.3) is 0 Å². The van der Waals surface area contributed by atoms with E-state index in [4.69, 9.17) is 23.2 Å². The van der Waals surface area contributed by atoms with Gasteiger partial charge in [-0.05, 0) is 70.8 Å². The Kier molecular flexibility index (Phi) is 6.38. The summed E-state index contributed by atoms with van der Waals surface area (Å²) in [6.07, 6.45) is 3.65. The van der Waals surface area contributed by atoms with E-state index in [9.17, 15) is 9.18 Å². The van der Waals surface area contributed by atoms with E-state index in [0.29, 0.717) is 5.02 Å². The first-order valence-corrected chi connectivity index (χ1v) is 12.1. The van der Waals surface area contributed by atoms with Gasteiger partial charge in [-0.1, -0.05) is 65.7 Å². The van der Waals surface area contributed by atoms with E-state index in [1.54, 1.807) is 18.2 Å². The lowest BCUT2D eigenvalue weighted by atomic mass is 9.88. The van der Waals surface area contributed by atoms with Crippen LogP contribution in [0.1, 0.15) is 33.0 Å². The van der Waals surface area contributed by atoms with Crippen LogP contribution >= 0.6 is 34.5 Å². The topological polar surface area (TPSA) is 32.9 Å². The van der Waals surface area contributed by atoms with Crippen molar-refractivity contribution in [2.75, 3.05) is 0 Å². The number of nitrogens with one attached hydrogen (secondary N) is 1. The highest BCUT2D eigenvalue weighted by Gasteiger charge is 2.20. The minimum Gasteiger partial charge on any atom is -0.322 e. The average Bonchev–Trinajstić information content (AvgIpc) is 3.24. The minimum absolute atomic E-state index is 0.0499. The average molecular weight is 506 g/mol. The number of aromatic nitrogens is 1. The Labute approximate surface area is 209 Å². The molecule has 0 spiro atoms. The van der Waals surface area contributed by atoms with Crippen molar-refractivity contribution >= 4 is 57.6 Å². The molecule has 0 aliphatic heterocycles. The summed E-state index contributed by atoms with van der Waals surface area (Å²) in [5.41, 5.74) is 4.15. The number of hydrogen-bond donors (Lipinski definition) is 1. The molecular weight excluding hydrogens is 488 g/mol. The van der Waals surface area contributed by atoms with E-state index in [1.165, 1.54) is 23.5 Å². The fourth-order valence-electron chi connectivity index (χ4n) is 4.07. The Morgan fingerprint density at radius 1 is 0.853 bits per heavy atom. The Morgan fingerprint density at radius 3 is 2.38 bits per heavy atom. The molecule has 2 aromatic heterocycles. The van der Waals surface area contributed by atoms with E-state index in [1.807, 2.05) is 60.7 Å². The molecule has 5 aromatic rings. The van der Waals surface area contributed by atoms with Gasteiger partial charge in [-0.2, -0.15) is 0 Å². The fourth-order valence-corrected chi connectivity index (χ4v) is 5.41. The van der Waals surface area contributed by atoms with Crippen LogP contribution in [-0.4, -0.2) is 4.98 Å². The van der Waals surface area contributed by atoms with E-state index in [2.05, 4.69) is 11.1 Å². The lowest BCUT2D eigenvalue weighted by molar-refractivity contribution is 0.627. The molecule has 2 heterocycles. The molecule has 0 aliphatic rings. The second-order valence-electron chi connectivity index (χ2n) is 7.91. The van der Waals surface area contributed by atoms with Gasteiger partial charge in [-0.25, -0.2) is 4.39 Å². The van der Waals surface area contributed by atoms with E-state index >= 15 is 0 Å². The van der Waals surface area contributed by atoms with Crippen molar-refractivity contribution in [2.24, 2.45) is 0 Å². The first kappa shape index (κ1) is 22.6. The van der Waals surface area contributed by atoms with Gasteiger partial charge in [0.15, 0.2) is 0 Å². The van der Waals surface area contributed by atoms with Crippen molar-refractivity contribution in [3.63, 3.8) is 0 Å². The fraction of sp³-hybridized carbons (Fsp3) is 0.0357. The first-order valence-electron chi connectivity index (χ1n) is 10.6. The molecule has 3 aromatic carbocycles. The molecule has 0 saturated carbocycles. The Morgan fingerprint density at radius 2 is 1.65 bits per heavy atom. The Bertz CT molecular complexity index is 1570. The minimum atomic E-state index is -0.305. The normalized spacial score (nSPS) is 12.4. The van der Waals surface area contributed by atoms with Crippen LogP contribution in [0.25, 0.3) is 23.1 Å². The number of benzene rings is 3. The molecule has 2 nitrogen and oxygen atoms in total. The third-order valence-corrected chi connectivity index (χ3v) is 7.17. The lowest BCUT2D eigenvalue weighted by Gasteiger charge is -2.18. The number of H-pyrrole nitrogens is 1. The van der Waals surface area contributed by atoms with Crippen molar-refractivity contribution in [1.29, 1.82) is 0 Å². The molecular formula is C28H18Cl2FNOS. The SMILES string of the molecule is O=c1cc(C=Cc2cccc(F)c2)c2cc(C(c3ccc(Cl)cc3)c3ccc(Cl)s3)ccc2[nH]1. The monoisotopic (exact) mass is 505 g/mol. The quantitative estimate of drug-likeness (QED) is 0.255. The number of hydrogen-bond acceptors (Lipinski definition) is 2. The number of aromatic amines is 1. The van der Waals surface area contributed by atoms with Crippen molar-refractivity contribution in [2.45, 2.75) is 5.92 Å². The largest absolute Gasteiger partial charge is 0.322 e. The van der Waals surface area contributed by atoms with Crippen LogP contribution in [0.2, 0.25) is 9.36 Å². The molecule has 1 atom stereocenters. The Balaban J connectivity index is 1.65. The van der Waals surface area contributed by atoms with Crippen LogP contribution in [0.4, 0.5) is 4.39 Å². The molecule has 0 bridgehead atoms. The van der Waals surface area contributed by atoms with Gasteiger partial charge in [-0.3, -0.25) is 4.79 Å². The number of halogens is 3. The molecule has 0 radical (unpaired) electrons. The van der Waals surface area contributed by atoms with E-state index in [0.717, 1.165) is 42.4 Å². The number of thiophene rings is 1. The summed E-state index contributed by atoms with van der Waals surface area (Å²) in [5.74, 6) is -0.355. The number of fused-ring (bicyclic) bond motifs is 1. The highest BCUT2D eigenvalue weighted by Crippen LogP contribution is 2.39. The third-order valence-electron chi connectivity index (χ3n) is 5.62. The van der Waals surface area contributed by atoms with Gasteiger partial charge < -0.3 is 4.98 Å². The maximum absolute atomic E-state index is 13.6. The van der Waals surface area contributed by atoms with E-state index < -0.39 is 0 Å². The third kappa shape index (κ3) is 4.85. The maximum atomic E-state index is 13.6. The summed E-state index contributed by atoms with van der Waals surface area (Å²) < 4.78 is 14.3. The van der Waals surface area contributed by atoms with Crippen molar-refractivity contribution in [3.8, 4) is 0 Å². The zero-order valence-electron chi connectivity index (χ0n) is 17.8. The summed E-state index contributed by atoms with van der Waals surface area (Å²) in [6, 6.07) is 25.6. The Hall–Kier alpha value is -3.18. The molecule has 34 heavy (non-hydrogen) atoms. The number of rotatable bonds is 5. The zero-order valence-corrected chi connectivity index (χ0v) is 20.1. The van der Waals surface area contributed by atoms with Crippen LogP contribution in [0.15, 0.2) is 89.7 Å². The van der Waals surface area contributed by atoms with Crippen LogP contribution in [0, 0.1) is 5.82 Å². The summed E-state index contributed by atoms with van der Waals surface area (Å²) in [7, 11) is 0. The predicted octanol–water partition coefficient (Wildman–Crippen LogP) is 8.39.